The third kappa shape index (κ3) is 5.84. The van der Waals surface area contributed by atoms with Gasteiger partial charge in [0.1, 0.15) is 5.76 Å². The zero-order valence-electron chi connectivity index (χ0n) is 25.1. The summed E-state index contributed by atoms with van der Waals surface area (Å²) in [5.74, 6) is 1.27. The van der Waals surface area contributed by atoms with E-state index in [-0.39, 0.29) is 22.3 Å². The molecule has 2 heterocycles. The van der Waals surface area contributed by atoms with Crippen LogP contribution < -0.4 is 10.5 Å². The van der Waals surface area contributed by atoms with Crippen molar-refractivity contribution in [3.8, 4) is 0 Å². The van der Waals surface area contributed by atoms with E-state index in [4.69, 9.17) is 8.84 Å². The van der Waals surface area contributed by atoms with Crippen molar-refractivity contribution in [1.29, 1.82) is 0 Å². The van der Waals surface area contributed by atoms with Gasteiger partial charge in [-0.05, 0) is 68.6 Å². The fourth-order valence-electron chi connectivity index (χ4n) is 6.68. The number of unbranched alkanes of at least 4 members (excludes halogenated alkanes) is 1. The molecule has 1 saturated carbocycles. The smallest absolute Gasteiger partial charge is 0.341 e. The van der Waals surface area contributed by atoms with E-state index in [2.05, 4.69) is 89.0 Å². The average Bonchev–Trinajstić information content (AvgIpc) is 2.85. The van der Waals surface area contributed by atoms with Gasteiger partial charge in [0.2, 0.25) is 0 Å². The van der Waals surface area contributed by atoms with Crippen molar-refractivity contribution in [2.75, 3.05) is 4.90 Å². The molecule has 0 amide bonds. The lowest BCUT2D eigenvalue weighted by Crippen LogP contribution is -2.63. The Kier molecular flexibility index (Phi) is 8.98. The summed E-state index contributed by atoms with van der Waals surface area (Å²) in [5, 5.41) is 0.184. The molecule has 0 saturated heterocycles. The summed E-state index contributed by atoms with van der Waals surface area (Å²) in [4.78, 5) is 15.9. The van der Waals surface area contributed by atoms with Crippen molar-refractivity contribution in [2.45, 2.75) is 135 Å². The van der Waals surface area contributed by atoms with Crippen LogP contribution in [-0.2, 0) is 23.8 Å². The first-order valence-corrected chi connectivity index (χ1v) is 18.1. The van der Waals surface area contributed by atoms with Gasteiger partial charge in [0.15, 0.2) is 8.32 Å². The predicted molar refractivity (Wildman–Crippen MR) is 162 cm³/mol. The quantitative estimate of drug-likeness (QED) is 0.300. The molecule has 1 aromatic heterocycles. The molecule has 4 rings (SSSR count). The Bertz CT molecular complexity index is 1120. The van der Waals surface area contributed by atoms with Gasteiger partial charge in [-0.25, -0.2) is 4.79 Å². The summed E-state index contributed by atoms with van der Waals surface area (Å²) in [6.45, 7) is 17.1. The first kappa shape index (κ1) is 29.1. The van der Waals surface area contributed by atoms with E-state index in [1.807, 2.05) is 0 Å². The van der Waals surface area contributed by atoms with Crippen LogP contribution in [0.4, 0.5) is 5.69 Å². The summed E-state index contributed by atoms with van der Waals surface area (Å²) in [7, 11) is -1.93. The van der Waals surface area contributed by atoms with Gasteiger partial charge in [-0.2, -0.15) is 0 Å². The Morgan fingerprint density at radius 1 is 1.11 bits per heavy atom. The third-order valence-electron chi connectivity index (χ3n) is 9.75. The van der Waals surface area contributed by atoms with Crippen LogP contribution in [0.5, 0.6) is 0 Å². The molecule has 0 bridgehead atoms. The van der Waals surface area contributed by atoms with Gasteiger partial charge in [-0.3, -0.25) is 0 Å². The van der Waals surface area contributed by atoms with Crippen LogP contribution in [0, 0.1) is 5.92 Å². The molecule has 2 aliphatic rings. The first-order valence-electron chi connectivity index (χ1n) is 15.2. The van der Waals surface area contributed by atoms with Crippen LogP contribution in [0.15, 0.2) is 45.6 Å². The number of rotatable bonds is 9. The molecule has 1 aliphatic carbocycles. The Morgan fingerprint density at radius 2 is 1.84 bits per heavy atom. The second-order valence-electron chi connectivity index (χ2n) is 13.3. The average molecular weight is 538 g/mol. The summed E-state index contributed by atoms with van der Waals surface area (Å²) in [6, 6.07) is 13.0. The molecule has 2 aromatic rings. The molecule has 210 valence electrons. The van der Waals surface area contributed by atoms with E-state index in [1.165, 1.54) is 31.2 Å². The minimum atomic E-state index is -1.93. The van der Waals surface area contributed by atoms with Gasteiger partial charge < -0.3 is 13.7 Å². The number of nitrogens with zero attached hydrogens (tertiary/aromatic N) is 1. The van der Waals surface area contributed by atoms with Crippen LogP contribution >= 0.6 is 0 Å². The monoisotopic (exact) mass is 537 g/mol. The highest BCUT2D eigenvalue weighted by Crippen LogP contribution is 2.52. The highest BCUT2D eigenvalue weighted by atomic mass is 28.4. The molecule has 0 unspecified atom stereocenters. The molecule has 5 heteroatoms. The van der Waals surface area contributed by atoms with Crippen LogP contribution in [0.25, 0.3) is 0 Å². The molecule has 3 atom stereocenters. The number of fused-ring (bicyclic) bond motifs is 1. The number of hydrogen-bond donors (Lipinski definition) is 0. The topological polar surface area (TPSA) is 42.7 Å². The second-order valence-corrected chi connectivity index (χ2v) is 18.1. The first-order chi connectivity index (χ1) is 18.0. The Morgan fingerprint density at radius 3 is 2.50 bits per heavy atom. The fourth-order valence-corrected chi connectivity index (χ4v) is 8.07. The van der Waals surface area contributed by atoms with Gasteiger partial charge in [-0.1, -0.05) is 77.8 Å². The minimum Gasteiger partial charge on any atom is -0.428 e. The number of anilines is 1. The largest absolute Gasteiger partial charge is 0.428 e. The van der Waals surface area contributed by atoms with Crippen molar-refractivity contribution >= 4 is 14.0 Å². The molecule has 4 nitrogen and oxygen atoms in total. The lowest BCUT2D eigenvalue weighted by atomic mass is 9.64. The van der Waals surface area contributed by atoms with Crippen molar-refractivity contribution < 1.29 is 8.84 Å². The van der Waals surface area contributed by atoms with Gasteiger partial charge in [-0.15, -0.1) is 0 Å². The maximum absolute atomic E-state index is 13.2. The SMILES string of the molecule is CCCC[C@@H]1[C@@H](O[Si](C)(C)C(C)(C)C)CCC[C@]12CCc1c(cc(CCC)oc1=O)N2Cc1ccccc1. The molecule has 0 N–H and O–H groups in total. The van der Waals surface area contributed by atoms with Gasteiger partial charge in [0, 0.05) is 30.5 Å². The molecule has 1 aromatic carbocycles. The van der Waals surface area contributed by atoms with Gasteiger partial charge in [0.05, 0.1) is 17.4 Å². The highest BCUT2D eigenvalue weighted by Gasteiger charge is 2.53. The van der Waals surface area contributed by atoms with Crippen LogP contribution in [-0.4, -0.2) is 20.0 Å². The van der Waals surface area contributed by atoms with Gasteiger partial charge >= 0.3 is 5.63 Å². The standard InChI is InChI=1S/C33H51NO3Si/c1-8-10-18-28-30(37-38(6,7)32(3,4)5)19-14-21-33(28)22-20-27-29(23-26(15-9-2)36-31(27)35)34(33)24-25-16-12-11-13-17-25/h11-13,16-17,23,28,30H,8-10,14-15,18-22,24H2,1-7H3/t28-,30+,33+/m1/s1. The highest BCUT2D eigenvalue weighted by molar-refractivity contribution is 6.74. The summed E-state index contributed by atoms with van der Waals surface area (Å²) < 4.78 is 13.1. The van der Waals surface area contributed by atoms with Crippen molar-refractivity contribution in [3.63, 3.8) is 0 Å². The van der Waals surface area contributed by atoms with Crippen molar-refractivity contribution in [1.82, 2.24) is 0 Å². The lowest BCUT2D eigenvalue weighted by molar-refractivity contribution is 0.00907. The van der Waals surface area contributed by atoms with Crippen LogP contribution in [0.2, 0.25) is 18.1 Å². The van der Waals surface area contributed by atoms with Crippen LogP contribution in [0.3, 0.4) is 0 Å². The van der Waals surface area contributed by atoms with E-state index >= 15 is 0 Å². The fraction of sp³-hybridized carbons (Fsp3) is 0.667. The van der Waals surface area contributed by atoms with E-state index in [0.717, 1.165) is 62.1 Å². The third-order valence-corrected chi connectivity index (χ3v) is 14.3. The number of aryl methyl sites for hydroxylation is 1. The molecule has 38 heavy (non-hydrogen) atoms. The molecule has 1 spiro atoms. The number of benzene rings is 1. The van der Waals surface area contributed by atoms with Gasteiger partial charge in [0.25, 0.3) is 0 Å². The second kappa shape index (κ2) is 11.7. The zero-order chi connectivity index (χ0) is 27.6. The zero-order valence-corrected chi connectivity index (χ0v) is 26.1. The molecule has 0 radical (unpaired) electrons. The molecular weight excluding hydrogens is 486 g/mol. The molecular formula is C33H51NO3Si. The molecule has 1 aliphatic heterocycles. The van der Waals surface area contributed by atoms with E-state index < -0.39 is 8.32 Å². The van der Waals surface area contributed by atoms with Crippen molar-refractivity contribution in [3.05, 3.63) is 63.7 Å². The normalized spacial score (nSPS) is 24.0. The summed E-state index contributed by atoms with van der Waals surface area (Å²) >= 11 is 0. The minimum absolute atomic E-state index is 0.0133. The maximum Gasteiger partial charge on any atom is 0.341 e. The summed E-state index contributed by atoms with van der Waals surface area (Å²) in [6.07, 6.45) is 10.9. The Labute approximate surface area is 232 Å². The van der Waals surface area contributed by atoms with E-state index in [1.54, 1.807) is 0 Å². The lowest BCUT2D eigenvalue weighted by Gasteiger charge is -2.58. The number of hydrogen-bond acceptors (Lipinski definition) is 4. The Balaban J connectivity index is 1.84. The predicted octanol–water partition coefficient (Wildman–Crippen LogP) is 8.66. The van der Waals surface area contributed by atoms with E-state index in [0.29, 0.717) is 5.92 Å². The maximum atomic E-state index is 13.2. The summed E-state index contributed by atoms with van der Waals surface area (Å²) in [5.41, 5.74) is 3.14. The molecule has 1 fully saturated rings. The van der Waals surface area contributed by atoms with Crippen molar-refractivity contribution in [2.24, 2.45) is 5.92 Å². The van der Waals surface area contributed by atoms with E-state index in [9.17, 15) is 4.79 Å². The van der Waals surface area contributed by atoms with Crippen LogP contribution in [0.1, 0.15) is 103 Å². The Hall–Kier alpha value is -1.85.